The Labute approximate surface area is 230 Å². The molecule has 1 aliphatic rings. The van der Waals surface area contributed by atoms with Gasteiger partial charge in [0.1, 0.15) is 24.1 Å². The largest absolute Gasteiger partial charge is 0.387 e. The average molecular weight is 555 g/mol. The van der Waals surface area contributed by atoms with Gasteiger partial charge in [0.25, 0.3) is 0 Å². The highest BCUT2D eigenvalue weighted by molar-refractivity contribution is 7.99. The second-order valence-electron chi connectivity index (χ2n) is 9.29. The Hall–Kier alpha value is -2.73. The molecule has 1 saturated heterocycles. The number of hydrogen-bond donors (Lipinski definition) is 4. The fourth-order valence-corrected chi connectivity index (χ4v) is 5.71. The van der Waals surface area contributed by atoms with Crippen molar-refractivity contribution < 1.29 is 14.9 Å². The third-order valence-corrected chi connectivity index (χ3v) is 8.03. The lowest BCUT2D eigenvalue weighted by Crippen LogP contribution is -2.32. The molecule has 2 aromatic carbocycles. The quantitative estimate of drug-likeness (QED) is 0.205. The molecule has 0 radical (unpaired) electrons. The van der Waals surface area contributed by atoms with E-state index in [0.29, 0.717) is 16.9 Å². The lowest BCUT2D eigenvalue weighted by Gasteiger charge is -2.16. The number of imidazole rings is 1. The van der Waals surface area contributed by atoms with Crippen molar-refractivity contribution in [2.24, 2.45) is 0 Å². The number of nitrogens with zero attached hydrogens (tertiary/aromatic N) is 4. The summed E-state index contributed by atoms with van der Waals surface area (Å²) < 4.78 is 7.60. The molecular weight excluding hydrogens is 524 g/mol. The molecule has 0 bridgehead atoms. The summed E-state index contributed by atoms with van der Waals surface area (Å²) in [4.78, 5) is 12.4. The number of hydrogen-bond acceptors (Lipinski definition) is 9. The number of anilines is 1. The van der Waals surface area contributed by atoms with Crippen LogP contribution in [0, 0.1) is 0 Å². The molecular formula is C27H31ClN6O3S. The number of rotatable bonds is 11. The summed E-state index contributed by atoms with van der Waals surface area (Å²) in [7, 11) is 0. The summed E-state index contributed by atoms with van der Waals surface area (Å²) in [6, 6.07) is 16.4. The van der Waals surface area contributed by atoms with E-state index in [2.05, 4.69) is 44.5 Å². The number of halogens is 1. The van der Waals surface area contributed by atoms with Gasteiger partial charge in [-0.1, -0.05) is 48.0 Å². The zero-order valence-corrected chi connectivity index (χ0v) is 22.4. The Morgan fingerprint density at radius 2 is 1.71 bits per heavy atom. The zero-order chi connectivity index (χ0) is 26.5. The van der Waals surface area contributed by atoms with Crippen molar-refractivity contribution in [3.8, 4) is 11.1 Å². The zero-order valence-electron chi connectivity index (χ0n) is 20.8. The predicted octanol–water partition coefficient (Wildman–Crippen LogP) is 3.65. The van der Waals surface area contributed by atoms with Crippen molar-refractivity contribution in [3.05, 3.63) is 71.8 Å². The van der Waals surface area contributed by atoms with Crippen LogP contribution < -0.4 is 11.1 Å². The Bertz CT molecular complexity index is 1340. The van der Waals surface area contributed by atoms with Gasteiger partial charge in [-0.25, -0.2) is 15.0 Å². The summed E-state index contributed by atoms with van der Waals surface area (Å²) in [5.74, 6) is 1.80. The van der Waals surface area contributed by atoms with E-state index in [4.69, 9.17) is 22.1 Å². The fraction of sp³-hybridized carbons (Fsp3) is 0.370. The topological polar surface area (TPSA) is 131 Å². The number of thioether (sulfide) groups is 1. The molecule has 2 aromatic heterocycles. The Kier molecular flexibility index (Phi) is 8.78. The number of aromatic nitrogens is 4. The summed E-state index contributed by atoms with van der Waals surface area (Å²) in [6.45, 7) is 1.76. The SMILES string of the molecule is Nc1ncnc2c1ncn2[C@@H]1O[C@H](CSCCCCNCc2ccc(-c3ccc(Cl)cc3)cc2)[C@@H](O)[C@H]1O. The first kappa shape index (κ1) is 26.9. The predicted molar refractivity (Wildman–Crippen MR) is 151 cm³/mol. The molecule has 3 heterocycles. The molecule has 0 amide bonds. The van der Waals surface area contributed by atoms with Gasteiger partial charge >= 0.3 is 0 Å². The van der Waals surface area contributed by atoms with Crippen LogP contribution in [0.25, 0.3) is 22.3 Å². The van der Waals surface area contributed by atoms with Gasteiger partial charge in [-0.2, -0.15) is 11.8 Å². The van der Waals surface area contributed by atoms with Crippen molar-refractivity contribution >= 4 is 40.3 Å². The van der Waals surface area contributed by atoms with Gasteiger partial charge in [0.05, 0.1) is 12.4 Å². The van der Waals surface area contributed by atoms with Gasteiger partial charge in [0.2, 0.25) is 0 Å². The molecule has 11 heteroatoms. The van der Waals surface area contributed by atoms with Crippen LogP contribution in [0.1, 0.15) is 24.6 Å². The van der Waals surface area contributed by atoms with Crippen LogP contribution in [0.4, 0.5) is 5.82 Å². The highest BCUT2D eigenvalue weighted by atomic mass is 35.5. The molecule has 1 aliphatic heterocycles. The normalized spacial score (nSPS) is 21.3. The van der Waals surface area contributed by atoms with Crippen LogP contribution in [0.15, 0.2) is 61.2 Å². The number of fused-ring (bicyclic) bond motifs is 1. The van der Waals surface area contributed by atoms with E-state index in [1.165, 1.54) is 23.8 Å². The highest BCUT2D eigenvalue weighted by Crippen LogP contribution is 2.33. The minimum atomic E-state index is -1.08. The van der Waals surface area contributed by atoms with Crippen molar-refractivity contribution in [2.75, 3.05) is 23.8 Å². The third kappa shape index (κ3) is 6.12. The number of ether oxygens (including phenoxy) is 1. The number of unbranched alkanes of at least 4 members (excludes halogenated alkanes) is 1. The molecule has 0 spiro atoms. The molecule has 200 valence electrons. The highest BCUT2D eigenvalue weighted by Gasteiger charge is 2.44. The average Bonchev–Trinajstić information content (AvgIpc) is 3.48. The van der Waals surface area contributed by atoms with Gasteiger partial charge in [-0.3, -0.25) is 4.57 Å². The maximum atomic E-state index is 10.6. The Balaban J connectivity index is 0.992. The Morgan fingerprint density at radius 1 is 0.974 bits per heavy atom. The van der Waals surface area contributed by atoms with Gasteiger partial charge < -0.3 is 26.0 Å². The lowest BCUT2D eigenvalue weighted by molar-refractivity contribution is -0.0289. The molecule has 0 saturated carbocycles. The van der Waals surface area contributed by atoms with E-state index in [1.807, 2.05) is 24.3 Å². The van der Waals surface area contributed by atoms with E-state index in [-0.39, 0.29) is 5.82 Å². The molecule has 9 nitrogen and oxygen atoms in total. The van der Waals surface area contributed by atoms with E-state index in [0.717, 1.165) is 42.3 Å². The molecule has 0 aliphatic carbocycles. The number of nitrogen functional groups attached to an aromatic ring is 1. The minimum Gasteiger partial charge on any atom is -0.387 e. The van der Waals surface area contributed by atoms with E-state index >= 15 is 0 Å². The maximum Gasteiger partial charge on any atom is 0.167 e. The number of benzene rings is 2. The monoisotopic (exact) mass is 554 g/mol. The van der Waals surface area contributed by atoms with Gasteiger partial charge in [-0.15, -0.1) is 0 Å². The van der Waals surface area contributed by atoms with Crippen molar-refractivity contribution in [1.29, 1.82) is 0 Å². The van der Waals surface area contributed by atoms with Crippen LogP contribution in [-0.4, -0.2) is 66.1 Å². The van der Waals surface area contributed by atoms with Gasteiger partial charge in [0.15, 0.2) is 17.7 Å². The smallest absolute Gasteiger partial charge is 0.167 e. The van der Waals surface area contributed by atoms with Crippen molar-refractivity contribution in [2.45, 2.75) is 43.9 Å². The standard InChI is InChI=1S/C27H31ClN6O3S/c28-20-9-7-19(8-10-20)18-5-3-17(4-6-18)13-30-11-1-2-12-38-14-21-23(35)24(36)27(37-21)34-16-33-22-25(29)31-15-32-26(22)34/h3-10,15-16,21,23-24,27,30,35-36H,1-2,11-14H2,(H2,29,31,32)/t21-,23-,24-,27-/m1/s1. The number of aliphatic hydroxyl groups excluding tert-OH is 2. The Morgan fingerprint density at radius 3 is 2.47 bits per heavy atom. The molecule has 0 unspecified atom stereocenters. The van der Waals surface area contributed by atoms with Gasteiger partial charge in [0, 0.05) is 17.3 Å². The minimum absolute atomic E-state index is 0.260. The van der Waals surface area contributed by atoms with Crippen LogP contribution in [0.3, 0.4) is 0 Å². The maximum absolute atomic E-state index is 10.6. The molecule has 4 aromatic rings. The van der Waals surface area contributed by atoms with Crippen molar-refractivity contribution in [1.82, 2.24) is 24.8 Å². The second kappa shape index (κ2) is 12.4. The molecule has 5 N–H and O–H groups in total. The fourth-order valence-electron chi connectivity index (χ4n) is 4.50. The summed E-state index contributed by atoms with van der Waals surface area (Å²) >= 11 is 7.69. The summed E-state index contributed by atoms with van der Waals surface area (Å²) in [5.41, 5.74) is 10.3. The number of aliphatic hydroxyl groups is 2. The second-order valence-corrected chi connectivity index (χ2v) is 10.9. The molecule has 5 rings (SSSR count). The first-order valence-electron chi connectivity index (χ1n) is 12.6. The van der Waals surface area contributed by atoms with Crippen LogP contribution in [0.5, 0.6) is 0 Å². The van der Waals surface area contributed by atoms with E-state index in [1.54, 1.807) is 16.3 Å². The van der Waals surface area contributed by atoms with E-state index in [9.17, 15) is 10.2 Å². The molecule has 1 fully saturated rings. The molecule has 4 atom stereocenters. The van der Waals surface area contributed by atoms with Gasteiger partial charge in [-0.05, 0) is 54.0 Å². The molecule has 38 heavy (non-hydrogen) atoms. The van der Waals surface area contributed by atoms with Crippen LogP contribution in [0.2, 0.25) is 5.02 Å². The van der Waals surface area contributed by atoms with Crippen LogP contribution >= 0.6 is 23.4 Å². The van der Waals surface area contributed by atoms with Crippen molar-refractivity contribution in [3.63, 3.8) is 0 Å². The van der Waals surface area contributed by atoms with Crippen LogP contribution in [-0.2, 0) is 11.3 Å². The first-order chi connectivity index (χ1) is 18.5. The number of nitrogens with two attached hydrogens (primary N) is 1. The third-order valence-electron chi connectivity index (χ3n) is 6.63. The summed E-state index contributed by atoms with van der Waals surface area (Å²) in [6.07, 6.45) is 1.61. The summed E-state index contributed by atoms with van der Waals surface area (Å²) in [5, 5.41) is 25.4. The first-order valence-corrected chi connectivity index (χ1v) is 14.1. The lowest BCUT2D eigenvalue weighted by atomic mass is 10.0. The number of nitrogens with one attached hydrogen (secondary N) is 1. The van der Waals surface area contributed by atoms with E-state index < -0.39 is 24.5 Å².